The third-order valence-electron chi connectivity index (χ3n) is 2.77. The van der Waals surface area contributed by atoms with E-state index < -0.39 is 12.0 Å². The Morgan fingerprint density at radius 1 is 1.42 bits per heavy atom. The van der Waals surface area contributed by atoms with Crippen molar-refractivity contribution in [2.45, 2.75) is 37.8 Å². The van der Waals surface area contributed by atoms with Gasteiger partial charge in [-0.15, -0.1) is 0 Å². The maximum atomic E-state index is 11.2. The highest BCUT2D eigenvalue weighted by molar-refractivity contribution is 5.86. The van der Waals surface area contributed by atoms with Crippen molar-refractivity contribution >= 4 is 11.9 Å². The summed E-state index contributed by atoms with van der Waals surface area (Å²) in [7, 11) is 0. The van der Waals surface area contributed by atoms with Crippen LogP contribution in [0.4, 0.5) is 0 Å². The van der Waals surface area contributed by atoms with Gasteiger partial charge in [0.05, 0.1) is 0 Å². The molecular weight excluding hydrogens is 158 g/mol. The van der Waals surface area contributed by atoms with E-state index in [0.717, 1.165) is 12.8 Å². The highest BCUT2D eigenvalue weighted by Gasteiger charge is 2.44. The summed E-state index contributed by atoms with van der Waals surface area (Å²) in [5.41, 5.74) is 0. The summed E-state index contributed by atoms with van der Waals surface area (Å²) >= 11 is 0. The zero-order valence-electron chi connectivity index (χ0n) is 6.69. The number of carbonyl (C=O) groups excluding carboxylic acids is 1. The van der Waals surface area contributed by atoms with Crippen LogP contribution in [0, 0.1) is 0 Å². The van der Waals surface area contributed by atoms with E-state index in [2.05, 4.69) is 0 Å². The number of aliphatic carboxylic acids is 1. The zero-order chi connectivity index (χ0) is 8.72. The highest BCUT2D eigenvalue weighted by atomic mass is 16.4. The first kappa shape index (κ1) is 7.58. The SMILES string of the molecule is O=C(O)[C@H]1CC[C@H]2CCC(=O)N21. The number of rotatable bonds is 1. The summed E-state index contributed by atoms with van der Waals surface area (Å²) in [4.78, 5) is 23.5. The minimum Gasteiger partial charge on any atom is -0.480 e. The number of hydrogen-bond acceptors (Lipinski definition) is 2. The van der Waals surface area contributed by atoms with Crippen LogP contribution in [0.15, 0.2) is 0 Å². The van der Waals surface area contributed by atoms with Crippen molar-refractivity contribution < 1.29 is 14.7 Å². The van der Waals surface area contributed by atoms with Crippen molar-refractivity contribution in [3.8, 4) is 0 Å². The van der Waals surface area contributed by atoms with Gasteiger partial charge in [-0.2, -0.15) is 0 Å². The molecule has 2 rings (SSSR count). The first-order valence-electron chi connectivity index (χ1n) is 4.24. The number of carbonyl (C=O) groups is 2. The predicted octanol–water partition coefficient (Wildman–Crippen LogP) is 0.224. The summed E-state index contributed by atoms with van der Waals surface area (Å²) in [6, 6.07) is -0.316. The Labute approximate surface area is 70.2 Å². The van der Waals surface area contributed by atoms with Gasteiger partial charge in [-0.25, -0.2) is 4.79 Å². The quantitative estimate of drug-likeness (QED) is 0.611. The van der Waals surface area contributed by atoms with Crippen molar-refractivity contribution in [2.24, 2.45) is 0 Å². The van der Waals surface area contributed by atoms with Crippen LogP contribution in [-0.2, 0) is 9.59 Å². The van der Waals surface area contributed by atoms with Gasteiger partial charge in [0.2, 0.25) is 5.91 Å². The number of fused-ring (bicyclic) bond motifs is 1. The predicted molar refractivity (Wildman–Crippen MR) is 40.5 cm³/mol. The molecule has 12 heavy (non-hydrogen) atoms. The second-order valence-electron chi connectivity index (χ2n) is 3.42. The van der Waals surface area contributed by atoms with Crippen LogP contribution < -0.4 is 0 Å². The molecule has 2 heterocycles. The molecule has 1 N–H and O–H groups in total. The van der Waals surface area contributed by atoms with Crippen LogP contribution in [0.2, 0.25) is 0 Å². The van der Waals surface area contributed by atoms with E-state index in [9.17, 15) is 9.59 Å². The molecule has 0 bridgehead atoms. The largest absolute Gasteiger partial charge is 0.480 e. The average Bonchev–Trinajstić information content (AvgIpc) is 2.53. The minimum atomic E-state index is -0.854. The molecule has 2 aliphatic heterocycles. The van der Waals surface area contributed by atoms with Gasteiger partial charge in [0, 0.05) is 12.5 Å². The third kappa shape index (κ3) is 0.906. The van der Waals surface area contributed by atoms with E-state index in [1.807, 2.05) is 0 Å². The molecule has 2 fully saturated rings. The molecule has 0 radical (unpaired) electrons. The van der Waals surface area contributed by atoms with E-state index in [4.69, 9.17) is 5.11 Å². The molecule has 2 aliphatic rings. The topological polar surface area (TPSA) is 57.6 Å². The molecule has 0 spiro atoms. The Hall–Kier alpha value is -1.06. The first-order valence-corrected chi connectivity index (χ1v) is 4.24. The minimum absolute atomic E-state index is 0.0184. The van der Waals surface area contributed by atoms with E-state index in [0.29, 0.717) is 12.8 Å². The average molecular weight is 169 g/mol. The van der Waals surface area contributed by atoms with Crippen LogP contribution >= 0.6 is 0 Å². The molecule has 0 aromatic rings. The normalized spacial score (nSPS) is 34.0. The molecule has 0 unspecified atom stereocenters. The molecule has 4 heteroatoms. The number of carboxylic acids is 1. The summed E-state index contributed by atoms with van der Waals surface area (Å²) in [6.45, 7) is 0. The standard InChI is InChI=1S/C8H11NO3/c10-7-4-2-5-1-3-6(8(11)12)9(5)7/h5-6H,1-4H2,(H,11,12)/t5-,6+/m0/s1. The molecule has 0 aromatic heterocycles. The molecular formula is C8H11NO3. The molecule has 2 saturated heterocycles. The first-order chi connectivity index (χ1) is 5.70. The van der Waals surface area contributed by atoms with Gasteiger partial charge in [-0.05, 0) is 19.3 Å². The summed E-state index contributed by atoms with van der Waals surface area (Å²) in [5, 5.41) is 8.78. The van der Waals surface area contributed by atoms with Crippen LogP contribution in [0.1, 0.15) is 25.7 Å². The van der Waals surface area contributed by atoms with E-state index in [-0.39, 0.29) is 11.9 Å². The lowest BCUT2D eigenvalue weighted by atomic mass is 10.1. The zero-order valence-corrected chi connectivity index (χ0v) is 6.69. The number of nitrogens with zero attached hydrogens (tertiary/aromatic N) is 1. The van der Waals surface area contributed by atoms with Gasteiger partial charge in [0.25, 0.3) is 0 Å². The summed E-state index contributed by atoms with van der Waals surface area (Å²) in [6.07, 6.45) is 2.88. The van der Waals surface area contributed by atoms with Crippen molar-refractivity contribution in [3.63, 3.8) is 0 Å². The lowest BCUT2D eigenvalue weighted by molar-refractivity contribution is -0.147. The Kier molecular flexibility index (Phi) is 1.56. The number of carboxylic acid groups (broad SMARTS) is 1. The number of hydrogen-bond donors (Lipinski definition) is 1. The van der Waals surface area contributed by atoms with E-state index in [1.54, 1.807) is 4.90 Å². The smallest absolute Gasteiger partial charge is 0.326 e. The fourth-order valence-electron chi connectivity index (χ4n) is 2.21. The Balaban J connectivity index is 2.19. The van der Waals surface area contributed by atoms with Crippen molar-refractivity contribution in [2.75, 3.05) is 0 Å². The molecule has 2 atom stereocenters. The van der Waals surface area contributed by atoms with Crippen LogP contribution in [-0.4, -0.2) is 34.0 Å². The van der Waals surface area contributed by atoms with Gasteiger partial charge < -0.3 is 10.0 Å². The van der Waals surface area contributed by atoms with Crippen LogP contribution in [0.3, 0.4) is 0 Å². The van der Waals surface area contributed by atoms with Crippen molar-refractivity contribution in [1.29, 1.82) is 0 Å². The Morgan fingerprint density at radius 2 is 2.17 bits per heavy atom. The van der Waals surface area contributed by atoms with E-state index >= 15 is 0 Å². The molecule has 4 nitrogen and oxygen atoms in total. The fourth-order valence-corrected chi connectivity index (χ4v) is 2.21. The highest BCUT2D eigenvalue weighted by Crippen LogP contribution is 2.33. The second kappa shape index (κ2) is 2.47. The lowest BCUT2D eigenvalue weighted by Gasteiger charge is -2.20. The van der Waals surface area contributed by atoms with Gasteiger partial charge >= 0.3 is 5.97 Å². The Bertz CT molecular complexity index is 238. The fraction of sp³-hybridized carbons (Fsp3) is 0.750. The summed E-state index contributed by atoms with van der Waals surface area (Å²) < 4.78 is 0. The molecule has 0 saturated carbocycles. The molecule has 0 aliphatic carbocycles. The van der Waals surface area contributed by atoms with Gasteiger partial charge in [-0.3, -0.25) is 4.79 Å². The van der Waals surface area contributed by atoms with Crippen molar-refractivity contribution in [3.05, 3.63) is 0 Å². The van der Waals surface area contributed by atoms with E-state index in [1.165, 1.54) is 0 Å². The van der Waals surface area contributed by atoms with Gasteiger partial charge in [0.1, 0.15) is 6.04 Å². The Morgan fingerprint density at radius 3 is 2.83 bits per heavy atom. The third-order valence-corrected chi connectivity index (χ3v) is 2.77. The van der Waals surface area contributed by atoms with Gasteiger partial charge in [-0.1, -0.05) is 0 Å². The second-order valence-corrected chi connectivity index (χ2v) is 3.42. The molecule has 66 valence electrons. The maximum absolute atomic E-state index is 11.2. The number of amides is 1. The molecule has 1 amide bonds. The monoisotopic (exact) mass is 169 g/mol. The lowest BCUT2D eigenvalue weighted by Crippen LogP contribution is -2.39. The van der Waals surface area contributed by atoms with Crippen LogP contribution in [0.25, 0.3) is 0 Å². The van der Waals surface area contributed by atoms with Crippen molar-refractivity contribution in [1.82, 2.24) is 4.90 Å². The van der Waals surface area contributed by atoms with Gasteiger partial charge in [0.15, 0.2) is 0 Å². The maximum Gasteiger partial charge on any atom is 0.326 e. The van der Waals surface area contributed by atoms with Crippen LogP contribution in [0.5, 0.6) is 0 Å². The molecule has 0 aromatic carbocycles. The summed E-state index contributed by atoms with van der Waals surface area (Å²) in [5.74, 6) is -0.836.